The second-order valence-corrected chi connectivity index (χ2v) is 4.78. The van der Waals surface area contributed by atoms with Gasteiger partial charge in [-0.25, -0.2) is 0 Å². The van der Waals surface area contributed by atoms with Gasteiger partial charge in [-0.15, -0.1) is 0 Å². The molecule has 7 heteroatoms. The Kier molecular flexibility index (Phi) is 8.16. The SMILES string of the molecule is COc1ccc(C(C(=O)[O-])C(C(=O)[O-])c2ccccc2)cc1.[NH4+].[NH4+]. The summed E-state index contributed by atoms with van der Waals surface area (Å²) in [6.07, 6.45) is 0. The van der Waals surface area contributed by atoms with E-state index in [2.05, 4.69) is 0 Å². The van der Waals surface area contributed by atoms with Crippen molar-refractivity contribution in [3.8, 4) is 5.75 Å². The number of methoxy groups -OCH3 is 1. The third-order valence-corrected chi connectivity index (χ3v) is 3.47. The van der Waals surface area contributed by atoms with Gasteiger partial charge in [0.1, 0.15) is 5.75 Å². The molecule has 0 heterocycles. The maximum atomic E-state index is 11.5. The summed E-state index contributed by atoms with van der Waals surface area (Å²) in [4.78, 5) is 23.1. The Morgan fingerprint density at radius 1 is 0.792 bits per heavy atom. The molecule has 0 saturated carbocycles. The number of ether oxygens (including phenoxy) is 1. The highest BCUT2D eigenvalue weighted by atomic mass is 16.5. The fourth-order valence-electron chi connectivity index (χ4n) is 2.40. The average molecular weight is 334 g/mol. The van der Waals surface area contributed by atoms with Gasteiger partial charge < -0.3 is 36.8 Å². The lowest BCUT2D eigenvalue weighted by molar-refractivity contribution is -0.319. The standard InChI is InChI=1S/C17H16O5.2H3N/c1-22-13-9-7-12(8-10-13)15(17(20)21)14(16(18)19)11-5-3-2-4-6-11;;/h2-10,14-15H,1H3,(H,18,19)(H,20,21);2*1H3. The van der Waals surface area contributed by atoms with E-state index in [-0.39, 0.29) is 12.3 Å². The van der Waals surface area contributed by atoms with Gasteiger partial charge in [0, 0.05) is 23.8 Å². The van der Waals surface area contributed by atoms with Crippen LogP contribution in [0.5, 0.6) is 5.75 Å². The first kappa shape index (κ1) is 21.1. The molecule has 2 atom stereocenters. The maximum absolute atomic E-state index is 11.5. The zero-order valence-electron chi connectivity index (χ0n) is 13.9. The number of quaternary nitrogens is 2. The van der Waals surface area contributed by atoms with Gasteiger partial charge in [0.2, 0.25) is 0 Å². The molecule has 0 aromatic heterocycles. The first-order valence-corrected chi connectivity index (χ1v) is 6.65. The highest BCUT2D eigenvalue weighted by molar-refractivity contribution is 5.86. The van der Waals surface area contributed by atoms with Crippen LogP contribution in [0.15, 0.2) is 54.6 Å². The van der Waals surface area contributed by atoms with Gasteiger partial charge in [0.25, 0.3) is 0 Å². The zero-order chi connectivity index (χ0) is 16.1. The van der Waals surface area contributed by atoms with Crippen LogP contribution >= 0.6 is 0 Å². The number of carboxylic acids is 2. The van der Waals surface area contributed by atoms with Crippen molar-refractivity contribution >= 4 is 11.9 Å². The molecule has 0 aliphatic heterocycles. The molecule has 130 valence electrons. The molecular weight excluding hydrogens is 312 g/mol. The van der Waals surface area contributed by atoms with Crippen LogP contribution in [0.2, 0.25) is 0 Å². The van der Waals surface area contributed by atoms with Gasteiger partial charge in [0.05, 0.1) is 7.11 Å². The van der Waals surface area contributed by atoms with Gasteiger partial charge in [-0.2, -0.15) is 0 Å². The van der Waals surface area contributed by atoms with E-state index >= 15 is 0 Å². The lowest BCUT2D eigenvalue weighted by Gasteiger charge is -2.29. The van der Waals surface area contributed by atoms with E-state index in [1.165, 1.54) is 19.2 Å². The number of hydrogen-bond donors (Lipinski definition) is 2. The summed E-state index contributed by atoms with van der Waals surface area (Å²) >= 11 is 0. The number of carbonyl (C=O) groups is 2. The van der Waals surface area contributed by atoms with Crippen molar-refractivity contribution in [2.45, 2.75) is 11.8 Å². The predicted molar refractivity (Wildman–Crippen MR) is 86.9 cm³/mol. The largest absolute Gasteiger partial charge is 0.549 e. The van der Waals surface area contributed by atoms with Gasteiger partial charge in [-0.05, 0) is 23.3 Å². The van der Waals surface area contributed by atoms with Crippen molar-refractivity contribution in [3.05, 3.63) is 65.7 Å². The second kappa shape index (κ2) is 9.29. The molecule has 0 aliphatic rings. The van der Waals surface area contributed by atoms with Gasteiger partial charge in [-0.1, -0.05) is 42.5 Å². The molecule has 0 aliphatic carbocycles. The van der Waals surface area contributed by atoms with E-state index in [1.807, 2.05) is 0 Å². The van der Waals surface area contributed by atoms with Crippen LogP contribution in [0, 0.1) is 0 Å². The Morgan fingerprint density at radius 3 is 1.58 bits per heavy atom. The van der Waals surface area contributed by atoms with Gasteiger partial charge >= 0.3 is 0 Å². The summed E-state index contributed by atoms with van der Waals surface area (Å²) in [5.74, 6) is -5.07. The Bertz CT molecular complexity index is 658. The quantitative estimate of drug-likeness (QED) is 0.797. The van der Waals surface area contributed by atoms with E-state index in [4.69, 9.17) is 4.74 Å². The van der Waals surface area contributed by atoms with Crippen molar-refractivity contribution in [2.24, 2.45) is 0 Å². The molecule has 2 unspecified atom stereocenters. The molecular formula is C17H22N2O5. The van der Waals surface area contributed by atoms with E-state index in [0.29, 0.717) is 16.9 Å². The molecule has 0 fully saturated rings. The summed E-state index contributed by atoms with van der Waals surface area (Å²) in [6, 6.07) is 14.3. The smallest absolute Gasteiger partial charge is 0.118 e. The fourth-order valence-corrected chi connectivity index (χ4v) is 2.40. The number of benzene rings is 2. The minimum absolute atomic E-state index is 0. The van der Waals surface area contributed by atoms with E-state index < -0.39 is 23.8 Å². The average Bonchev–Trinajstić information content (AvgIpc) is 2.52. The zero-order valence-corrected chi connectivity index (χ0v) is 13.9. The molecule has 8 N–H and O–H groups in total. The van der Waals surface area contributed by atoms with Crippen molar-refractivity contribution in [2.75, 3.05) is 7.11 Å². The van der Waals surface area contributed by atoms with Crippen LogP contribution in [-0.4, -0.2) is 19.0 Å². The Labute approximate surface area is 140 Å². The van der Waals surface area contributed by atoms with Crippen LogP contribution in [-0.2, 0) is 9.59 Å². The van der Waals surface area contributed by atoms with Crippen LogP contribution < -0.4 is 27.3 Å². The minimum atomic E-state index is -1.47. The second-order valence-electron chi connectivity index (χ2n) is 4.78. The van der Waals surface area contributed by atoms with Gasteiger partial charge in [0.15, 0.2) is 0 Å². The molecule has 24 heavy (non-hydrogen) atoms. The number of carbonyl (C=O) groups excluding carboxylic acids is 2. The fraction of sp³-hybridized carbons (Fsp3) is 0.176. The molecule has 0 amide bonds. The van der Waals surface area contributed by atoms with Crippen LogP contribution in [0.3, 0.4) is 0 Å². The van der Waals surface area contributed by atoms with Crippen LogP contribution in [0.4, 0.5) is 0 Å². The highest BCUT2D eigenvalue weighted by Gasteiger charge is 2.27. The lowest BCUT2D eigenvalue weighted by atomic mass is 9.81. The minimum Gasteiger partial charge on any atom is -0.549 e. The van der Waals surface area contributed by atoms with Gasteiger partial charge in [-0.3, -0.25) is 0 Å². The van der Waals surface area contributed by atoms with E-state index in [9.17, 15) is 19.8 Å². The number of aliphatic carboxylic acids is 2. The van der Waals surface area contributed by atoms with Crippen LogP contribution in [0.1, 0.15) is 23.0 Å². The first-order chi connectivity index (χ1) is 10.5. The lowest BCUT2D eigenvalue weighted by Crippen LogP contribution is -2.41. The predicted octanol–water partition coefficient (Wildman–Crippen LogP) is 0.815. The van der Waals surface area contributed by atoms with E-state index in [1.54, 1.807) is 42.5 Å². The van der Waals surface area contributed by atoms with Crippen molar-refractivity contribution in [1.82, 2.24) is 12.3 Å². The first-order valence-electron chi connectivity index (χ1n) is 6.65. The van der Waals surface area contributed by atoms with Crippen molar-refractivity contribution in [1.29, 1.82) is 0 Å². The third kappa shape index (κ3) is 4.55. The van der Waals surface area contributed by atoms with E-state index in [0.717, 1.165) is 0 Å². The van der Waals surface area contributed by atoms with Crippen molar-refractivity contribution < 1.29 is 24.5 Å². The Balaban J connectivity index is 0.00000264. The third-order valence-electron chi connectivity index (χ3n) is 3.47. The molecule has 0 bridgehead atoms. The summed E-state index contributed by atoms with van der Waals surface area (Å²) in [6.45, 7) is 0. The number of hydrogen-bond acceptors (Lipinski definition) is 5. The molecule has 7 nitrogen and oxygen atoms in total. The molecule has 2 aromatic carbocycles. The normalized spacial score (nSPS) is 12.0. The monoisotopic (exact) mass is 334 g/mol. The summed E-state index contributed by atoms with van der Waals surface area (Å²) in [5.41, 5.74) is 0.673. The number of rotatable bonds is 6. The van der Waals surface area contributed by atoms with Crippen LogP contribution in [0.25, 0.3) is 0 Å². The molecule has 0 saturated heterocycles. The summed E-state index contributed by atoms with van der Waals surface area (Å²) < 4.78 is 5.01. The highest BCUT2D eigenvalue weighted by Crippen LogP contribution is 2.33. The van der Waals surface area contributed by atoms with Crippen molar-refractivity contribution in [3.63, 3.8) is 0 Å². The molecule has 2 rings (SSSR count). The molecule has 0 radical (unpaired) electrons. The topological polar surface area (TPSA) is 162 Å². The molecule has 2 aromatic rings. The summed E-state index contributed by atoms with van der Waals surface area (Å²) in [7, 11) is 1.49. The molecule has 0 spiro atoms. The maximum Gasteiger partial charge on any atom is 0.118 e. The Hall–Kier alpha value is -2.90. The summed E-state index contributed by atoms with van der Waals surface area (Å²) in [5, 5.41) is 23.1. The number of carboxylic acid groups (broad SMARTS) is 2. The Morgan fingerprint density at radius 2 is 1.21 bits per heavy atom.